The van der Waals surface area contributed by atoms with Crippen molar-refractivity contribution in [3.8, 4) is 0 Å². The molecule has 0 radical (unpaired) electrons. The van der Waals surface area contributed by atoms with Crippen molar-refractivity contribution in [1.82, 2.24) is 10.0 Å². The summed E-state index contributed by atoms with van der Waals surface area (Å²) in [6.07, 6.45) is 3.11. The van der Waals surface area contributed by atoms with Crippen LogP contribution >= 0.6 is 34.2 Å². The van der Waals surface area contributed by atoms with E-state index in [0.29, 0.717) is 18.7 Å². The zero-order chi connectivity index (χ0) is 21.7. The van der Waals surface area contributed by atoms with Crippen molar-refractivity contribution < 1.29 is 17.2 Å². The summed E-state index contributed by atoms with van der Waals surface area (Å²) in [7, 11) is -3.98. The Balaban J connectivity index is 1.66. The van der Waals surface area contributed by atoms with E-state index in [1.165, 1.54) is 12.8 Å². The van der Waals surface area contributed by atoms with Crippen molar-refractivity contribution in [2.75, 3.05) is 29.7 Å². The van der Waals surface area contributed by atoms with Gasteiger partial charge in [0.1, 0.15) is 5.69 Å². The zero-order valence-corrected chi connectivity index (χ0v) is 19.7. The second-order valence-electron chi connectivity index (χ2n) is 7.03. The summed E-state index contributed by atoms with van der Waals surface area (Å²) >= 11 is 8.22. The molecular formula is C19H22ClF2IN4O2S. The summed E-state index contributed by atoms with van der Waals surface area (Å²) in [5.74, 6) is -1.57. The molecule has 0 aromatic heterocycles. The number of nitrogens with one attached hydrogen (secondary N) is 4. The lowest BCUT2D eigenvalue weighted by molar-refractivity contribution is 0.512. The molecule has 3 rings (SSSR count). The molecule has 0 saturated heterocycles. The molecule has 164 valence electrons. The molecule has 4 N–H and O–H groups in total. The van der Waals surface area contributed by atoms with Gasteiger partial charge in [0.15, 0.2) is 11.6 Å². The third-order valence-electron chi connectivity index (χ3n) is 4.48. The highest BCUT2D eigenvalue weighted by atomic mass is 127. The van der Waals surface area contributed by atoms with Gasteiger partial charge in [-0.25, -0.2) is 8.78 Å². The molecule has 0 unspecified atom stereocenters. The molecule has 0 spiro atoms. The summed E-state index contributed by atoms with van der Waals surface area (Å²) in [6.45, 7) is 1.86. The normalized spacial score (nSPS) is 14.0. The van der Waals surface area contributed by atoms with Crippen LogP contribution in [0.5, 0.6) is 0 Å². The molecule has 1 aliphatic rings. The van der Waals surface area contributed by atoms with Crippen molar-refractivity contribution in [1.29, 1.82) is 0 Å². The van der Waals surface area contributed by atoms with Gasteiger partial charge in [0.25, 0.3) is 10.2 Å². The van der Waals surface area contributed by atoms with Gasteiger partial charge >= 0.3 is 0 Å². The molecule has 11 heteroatoms. The highest BCUT2D eigenvalue weighted by Gasteiger charge is 2.21. The zero-order valence-electron chi connectivity index (χ0n) is 15.9. The second-order valence-corrected chi connectivity index (χ2v) is 10.2. The molecule has 0 amide bonds. The molecule has 1 fully saturated rings. The number of rotatable bonds is 11. The number of halogens is 4. The van der Waals surface area contributed by atoms with E-state index in [-0.39, 0.29) is 22.9 Å². The Labute approximate surface area is 193 Å². The third-order valence-corrected chi connectivity index (χ3v) is 6.54. The lowest BCUT2D eigenvalue weighted by Crippen LogP contribution is -2.32. The molecule has 1 aliphatic carbocycles. The summed E-state index contributed by atoms with van der Waals surface area (Å²) in [4.78, 5) is 0. The first kappa shape index (κ1) is 23.5. The van der Waals surface area contributed by atoms with Crippen molar-refractivity contribution in [2.24, 2.45) is 5.92 Å². The fourth-order valence-electron chi connectivity index (χ4n) is 2.71. The monoisotopic (exact) mass is 570 g/mol. The van der Waals surface area contributed by atoms with Gasteiger partial charge in [0.2, 0.25) is 0 Å². The first-order valence-electron chi connectivity index (χ1n) is 9.43. The maximum Gasteiger partial charge on any atom is 0.299 e. The number of anilines is 3. The van der Waals surface area contributed by atoms with Gasteiger partial charge < -0.3 is 10.6 Å². The van der Waals surface area contributed by atoms with Crippen LogP contribution in [0.25, 0.3) is 0 Å². The molecule has 1 saturated carbocycles. The van der Waals surface area contributed by atoms with Crippen LogP contribution in [0.2, 0.25) is 5.02 Å². The minimum absolute atomic E-state index is 0.136. The molecule has 0 heterocycles. The maximum absolute atomic E-state index is 14.5. The summed E-state index contributed by atoms with van der Waals surface area (Å²) in [5, 5.41) is 6.25. The van der Waals surface area contributed by atoms with Crippen LogP contribution in [0.15, 0.2) is 30.3 Å². The van der Waals surface area contributed by atoms with E-state index in [2.05, 4.69) is 42.7 Å². The van der Waals surface area contributed by atoms with E-state index in [1.54, 1.807) is 18.2 Å². The molecule has 2 aromatic carbocycles. The van der Waals surface area contributed by atoms with Crippen molar-refractivity contribution in [2.45, 2.75) is 19.3 Å². The van der Waals surface area contributed by atoms with Gasteiger partial charge in [0, 0.05) is 10.1 Å². The van der Waals surface area contributed by atoms with Gasteiger partial charge in [-0.2, -0.15) is 13.1 Å². The summed E-state index contributed by atoms with van der Waals surface area (Å²) in [5.41, 5.74) is -0.172. The van der Waals surface area contributed by atoms with Gasteiger partial charge in [-0.3, -0.25) is 4.72 Å². The Morgan fingerprint density at radius 3 is 2.53 bits per heavy atom. The molecule has 6 nitrogen and oxygen atoms in total. The summed E-state index contributed by atoms with van der Waals surface area (Å²) < 4.78 is 58.5. The Morgan fingerprint density at radius 1 is 1.10 bits per heavy atom. The highest BCUT2D eigenvalue weighted by Crippen LogP contribution is 2.34. The van der Waals surface area contributed by atoms with E-state index in [4.69, 9.17) is 11.6 Å². The largest absolute Gasteiger partial charge is 0.350 e. The minimum atomic E-state index is -3.98. The quantitative estimate of drug-likeness (QED) is 0.235. The van der Waals surface area contributed by atoms with Crippen molar-refractivity contribution in [3.05, 3.63) is 50.6 Å². The first-order chi connectivity index (χ1) is 14.2. The van der Waals surface area contributed by atoms with E-state index in [9.17, 15) is 17.2 Å². The SMILES string of the molecule is O=S(=O)(NCCCNCC1CC1)Nc1ccc(F)c(F)c1Nc1ccc(I)cc1Cl. The lowest BCUT2D eigenvalue weighted by atomic mass is 10.2. The van der Waals surface area contributed by atoms with E-state index in [0.717, 1.165) is 28.2 Å². The molecule has 30 heavy (non-hydrogen) atoms. The smallest absolute Gasteiger partial charge is 0.299 e. The number of benzene rings is 2. The number of hydrogen-bond donors (Lipinski definition) is 4. The number of hydrogen-bond acceptors (Lipinski definition) is 4. The topological polar surface area (TPSA) is 82.3 Å². The molecular weight excluding hydrogens is 549 g/mol. The lowest BCUT2D eigenvalue weighted by Gasteiger charge is -2.16. The Bertz CT molecular complexity index is 1010. The molecule has 2 aromatic rings. The average Bonchev–Trinajstić information content (AvgIpc) is 3.50. The maximum atomic E-state index is 14.5. The van der Waals surface area contributed by atoms with Crippen LogP contribution in [-0.4, -0.2) is 28.1 Å². The van der Waals surface area contributed by atoms with Crippen LogP contribution in [0.3, 0.4) is 0 Å². The van der Waals surface area contributed by atoms with Crippen LogP contribution in [0.1, 0.15) is 19.3 Å². The van der Waals surface area contributed by atoms with E-state index in [1.807, 2.05) is 0 Å². The van der Waals surface area contributed by atoms with Crippen molar-refractivity contribution in [3.63, 3.8) is 0 Å². The van der Waals surface area contributed by atoms with Gasteiger partial charge in [0.05, 0.1) is 16.4 Å². The Kier molecular flexibility index (Phi) is 8.13. The van der Waals surface area contributed by atoms with Gasteiger partial charge in [-0.1, -0.05) is 11.6 Å². The van der Waals surface area contributed by atoms with Gasteiger partial charge in [-0.15, -0.1) is 0 Å². The molecule has 0 atom stereocenters. The molecule has 0 bridgehead atoms. The predicted octanol–water partition coefficient (Wildman–Crippen LogP) is 4.60. The Hall–Kier alpha value is -1.21. The van der Waals surface area contributed by atoms with Crippen LogP contribution in [-0.2, 0) is 10.2 Å². The fourth-order valence-corrected chi connectivity index (χ4v) is 4.56. The predicted molar refractivity (Wildman–Crippen MR) is 125 cm³/mol. The average molecular weight is 571 g/mol. The van der Waals surface area contributed by atoms with Crippen LogP contribution < -0.4 is 20.1 Å². The summed E-state index contributed by atoms with van der Waals surface area (Å²) in [6, 6.07) is 6.98. The third kappa shape index (κ3) is 6.91. The fraction of sp³-hybridized carbons (Fsp3) is 0.368. The standard InChI is InChI=1S/C19H22ClF2IN4O2S/c20-14-10-13(23)4-6-16(14)26-19-17(7-5-15(21)18(19)22)27-30(28,29)25-9-1-8-24-11-12-2-3-12/h4-7,10,12,24-27H,1-3,8-9,11H2. The van der Waals surface area contributed by atoms with E-state index < -0.39 is 21.8 Å². The van der Waals surface area contributed by atoms with E-state index >= 15 is 0 Å². The van der Waals surface area contributed by atoms with Gasteiger partial charge in [-0.05, 0) is 91.2 Å². The molecule has 0 aliphatic heterocycles. The second kappa shape index (κ2) is 10.4. The van der Waals surface area contributed by atoms with Crippen LogP contribution in [0, 0.1) is 21.1 Å². The Morgan fingerprint density at radius 2 is 1.83 bits per heavy atom. The van der Waals surface area contributed by atoms with Crippen molar-refractivity contribution >= 4 is 61.5 Å². The minimum Gasteiger partial charge on any atom is -0.350 e. The first-order valence-corrected chi connectivity index (χ1v) is 12.4. The highest BCUT2D eigenvalue weighted by molar-refractivity contribution is 14.1. The van der Waals surface area contributed by atoms with Crippen LogP contribution in [0.4, 0.5) is 25.8 Å².